The van der Waals surface area contributed by atoms with Crippen LogP contribution in [0.3, 0.4) is 0 Å². The first-order valence-electron chi connectivity index (χ1n) is 9.85. The summed E-state index contributed by atoms with van der Waals surface area (Å²) in [7, 11) is 0. The zero-order valence-corrected chi connectivity index (χ0v) is 18.2. The van der Waals surface area contributed by atoms with E-state index in [-0.39, 0.29) is 11.6 Å². The van der Waals surface area contributed by atoms with Crippen LogP contribution in [0.1, 0.15) is 31.9 Å². The number of thiophene rings is 1. The molecule has 6 heteroatoms. The SMILES string of the molecule is Cc1ccc(C(=O)c2sc3cc(F)ccc3c2Oc2ccc(/C=C/C(=O)O)cc2)c(C)c1. The molecule has 160 valence electrons. The van der Waals surface area contributed by atoms with E-state index in [2.05, 4.69) is 0 Å². The number of carbonyl (C=O) groups is 2. The summed E-state index contributed by atoms with van der Waals surface area (Å²) in [4.78, 5) is 24.5. The van der Waals surface area contributed by atoms with Gasteiger partial charge in [0.15, 0.2) is 5.75 Å². The zero-order chi connectivity index (χ0) is 22.8. The van der Waals surface area contributed by atoms with Gasteiger partial charge in [0.25, 0.3) is 0 Å². The Morgan fingerprint density at radius 3 is 2.44 bits per heavy atom. The lowest BCUT2D eigenvalue weighted by molar-refractivity contribution is -0.131. The van der Waals surface area contributed by atoms with Gasteiger partial charge in [-0.15, -0.1) is 11.3 Å². The first-order chi connectivity index (χ1) is 15.3. The van der Waals surface area contributed by atoms with Gasteiger partial charge in [-0.25, -0.2) is 9.18 Å². The maximum Gasteiger partial charge on any atom is 0.328 e. The summed E-state index contributed by atoms with van der Waals surface area (Å²) in [5.41, 5.74) is 3.19. The first kappa shape index (κ1) is 21.5. The molecular formula is C26H19FO4S. The molecule has 0 bridgehead atoms. The summed E-state index contributed by atoms with van der Waals surface area (Å²) in [5.74, 6) is -0.734. The van der Waals surface area contributed by atoms with Gasteiger partial charge in [0, 0.05) is 21.7 Å². The predicted octanol–water partition coefficient (Wildman–Crippen LogP) is 6.78. The maximum absolute atomic E-state index is 13.8. The Morgan fingerprint density at radius 2 is 1.75 bits per heavy atom. The summed E-state index contributed by atoms with van der Waals surface area (Å²) < 4.78 is 20.6. The Balaban J connectivity index is 1.76. The zero-order valence-electron chi connectivity index (χ0n) is 17.4. The summed E-state index contributed by atoms with van der Waals surface area (Å²) in [5, 5.41) is 9.42. The molecule has 4 nitrogen and oxygen atoms in total. The van der Waals surface area contributed by atoms with Crippen molar-refractivity contribution in [2.24, 2.45) is 0 Å². The highest BCUT2D eigenvalue weighted by Gasteiger charge is 2.23. The number of aliphatic carboxylic acids is 1. The van der Waals surface area contributed by atoms with Crippen LogP contribution in [0.4, 0.5) is 4.39 Å². The normalized spacial score (nSPS) is 11.2. The third-order valence-electron chi connectivity index (χ3n) is 4.96. The number of ether oxygens (including phenoxy) is 1. The molecule has 0 amide bonds. The third-order valence-corrected chi connectivity index (χ3v) is 6.09. The lowest BCUT2D eigenvalue weighted by Gasteiger charge is -2.09. The number of hydrogen-bond acceptors (Lipinski definition) is 4. The molecule has 0 aliphatic carbocycles. The molecule has 3 aromatic carbocycles. The van der Waals surface area contributed by atoms with Crippen molar-refractivity contribution in [1.29, 1.82) is 0 Å². The van der Waals surface area contributed by atoms with Crippen LogP contribution in [0.15, 0.2) is 66.7 Å². The summed E-state index contributed by atoms with van der Waals surface area (Å²) in [6.07, 6.45) is 2.53. The van der Waals surface area contributed by atoms with Crippen LogP contribution in [0.5, 0.6) is 11.5 Å². The van der Waals surface area contributed by atoms with E-state index in [1.54, 1.807) is 36.4 Å². The minimum absolute atomic E-state index is 0.180. The standard InChI is InChI=1S/C26H19FO4S/c1-15-3-10-20(16(2)13-15)24(30)26-25(21-11-7-18(27)14-22(21)32-26)31-19-8-4-17(5-9-19)6-12-23(28)29/h3-14H,1-2H3,(H,28,29)/b12-6+. The number of halogens is 1. The quantitative estimate of drug-likeness (QED) is 0.262. The van der Waals surface area contributed by atoms with Gasteiger partial charge in [-0.3, -0.25) is 4.79 Å². The van der Waals surface area contributed by atoms with Crippen LogP contribution in [-0.4, -0.2) is 16.9 Å². The lowest BCUT2D eigenvalue weighted by Crippen LogP contribution is -2.03. The average Bonchev–Trinajstić information content (AvgIpc) is 3.10. The number of benzene rings is 3. The largest absolute Gasteiger partial charge is 0.478 e. The van der Waals surface area contributed by atoms with E-state index in [1.807, 2.05) is 26.0 Å². The van der Waals surface area contributed by atoms with Crippen molar-refractivity contribution in [3.8, 4) is 11.5 Å². The van der Waals surface area contributed by atoms with Crippen LogP contribution in [0.2, 0.25) is 0 Å². The van der Waals surface area contributed by atoms with Crippen LogP contribution >= 0.6 is 11.3 Å². The van der Waals surface area contributed by atoms with Crippen molar-refractivity contribution in [1.82, 2.24) is 0 Å². The maximum atomic E-state index is 13.8. The van der Waals surface area contributed by atoms with Gasteiger partial charge in [-0.1, -0.05) is 35.9 Å². The fourth-order valence-corrected chi connectivity index (χ4v) is 4.53. The van der Waals surface area contributed by atoms with E-state index in [0.29, 0.717) is 37.6 Å². The number of carboxylic acid groups (broad SMARTS) is 1. The van der Waals surface area contributed by atoms with Crippen molar-refractivity contribution in [2.45, 2.75) is 13.8 Å². The fourth-order valence-electron chi connectivity index (χ4n) is 3.42. The van der Waals surface area contributed by atoms with Crippen LogP contribution < -0.4 is 4.74 Å². The topological polar surface area (TPSA) is 63.6 Å². The van der Waals surface area contributed by atoms with E-state index >= 15 is 0 Å². The first-order valence-corrected chi connectivity index (χ1v) is 10.7. The highest BCUT2D eigenvalue weighted by atomic mass is 32.1. The summed E-state index contributed by atoms with van der Waals surface area (Å²) in [6, 6.07) is 16.8. The van der Waals surface area contributed by atoms with E-state index in [9.17, 15) is 14.0 Å². The molecule has 0 spiro atoms. The minimum Gasteiger partial charge on any atom is -0.478 e. The molecule has 1 heterocycles. The molecule has 0 radical (unpaired) electrons. The number of hydrogen-bond donors (Lipinski definition) is 1. The fraction of sp³-hybridized carbons (Fsp3) is 0.0769. The smallest absolute Gasteiger partial charge is 0.328 e. The van der Waals surface area contributed by atoms with Gasteiger partial charge < -0.3 is 9.84 Å². The minimum atomic E-state index is -1.03. The molecular weight excluding hydrogens is 427 g/mol. The highest BCUT2D eigenvalue weighted by Crippen LogP contribution is 2.42. The van der Waals surface area contributed by atoms with E-state index in [1.165, 1.54) is 29.5 Å². The Kier molecular flexibility index (Phi) is 5.88. The van der Waals surface area contributed by atoms with Crippen molar-refractivity contribution >= 4 is 39.3 Å². The van der Waals surface area contributed by atoms with Gasteiger partial charge in [-0.2, -0.15) is 0 Å². The van der Waals surface area contributed by atoms with Crippen LogP contribution in [0.25, 0.3) is 16.2 Å². The molecule has 0 aliphatic heterocycles. The molecule has 0 saturated carbocycles. The molecule has 4 rings (SSSR count). The molecule has 0 aliphatic rings. The second-order valence-corrected chi connectivity index (χ2v) is 8.44. The number of aryl methyl sites for hydroxylation is 2. The molecule has 0 unspecified atom stereocenters. The van der Waals surface area contributed by atoms with E-state index < -0.39 is 5.97 Å². The second kappa shape index (κ2) is 8.77. The van der Waals surface area contributed by atoms with E-state index in [0.717, 1.165) is 17.2 Å². The highest BCUT2D eigenvalue weighted by molar-refractivity contribution is 7.21. The average molecular weight is 446 g/mol. The number of rotatable bonds is 6. The second-order valence-electron chi connectivity index (χ2n) is 7.39. The lowest BCUT2D eigenvalue weighted by atomic mass is 10.0. The molecule has 1 N–H and O–H groups in total. The van der Waals surface area contributed by atoms with Crippen molar-refractivity contribution < 1.29 is 23.8 Å². The van der Waals surface area contributed by atoms with Gasteiger partial charge in [0.2, 0.25) is 5.78 Å². The van der Waals surface area contributed by atoms with Gasteiger partial charge in [0.05, 0.1) is 0 Å². The predicted molar refractivity (Wildman–Crippen MR) is 124 cm³/mol. The van der Waals surface area contributed by atoms with Crippen molar-refractivity contribution in [3.05, 3.63) is 99.7 Å². The van der Waals surface area contributed by atoms with Crippen molar-refractivity contribution in [2.75, 3.05) is 0 Å². The summed E-state index contributed by atoms with van der Waals surface area (Å²) >= 11 is 1.20. The Labute approximate surface area is 188 Å². The van der Waals surface area contributed by atoms with Gasteiger partial charge in [-0.05, 0) is 61.4 Å². The number of ketones is 1. The Hall–Kier alpha value is -3.77. The monoisotopic (exact) mass is 446 g/mol. The van der Waals surface area contributed by atoms with Crippen molar-refractivity contribution in [3.63, 3.8) is 0 Å². The molecule has 4 aromatic rings. The number of fused-ring (bicyclic) bond motifs is 1. The molecule has 0 atom stereocenters. The molecule has 1 aromatic heterocycles. The van der Waals surface area contributed by atoms with Crippen LogP contribution in [0, 0.1) is 19.7 Å². The Morgan fingerprint density at radius 1 is 1.00 bits per heavy atom. The number of carbonyl (C=O) groups excluding carboxylic acids is 1. The summed E-state index contributed by atoms with van der Waals surface area (Å²) in [6.45, 7) is 3.85. The number of carboxylic acids is 1. The van der Waals surface area contributed by atoms with Crippen LogP contribution in [-0.2, 0) is 4.79 Å². The molecule has 0 saturated heterocycles. The molecule has 0 fully saturated rings. The molecule has 32 heavy (non-hydrogen) atoms. The third kappa shape index (κ3) is 4.45. The van der Waals surface area contributed by atoms with E-state index in [4.69, 9.17) is 9.84 Å². The van der Waals surface area contributed by atoms with Gasteiger partial charge >= 0.3 is 5.97 Å². The Bertz CT molecular complexity index is 1370. The van der Waals surface area contributed by atoms with Gasteiger partial charge in [0.1, 0.15) is 16.4 Å².